The Labute approximate surface area is 116 Å². The molecule has 2 aromatic rings. The van der Waals surface area contributed by atoms with E-state index in [0.29, 0.717) is 11.7 Å². The molecule has 0 atom stereocenters. The van der Waals surface area contributed by atoms with Gasteiger partial charge in [0.05, 0.1) is 0 Å². The number of amides is 1. The van der Waals surface area contributed by atoms with Crippen LogP contribution in [0.1, 0.15) is 11.1 Å². The first-order valence-electron chi connectivity index (χ1n) is 5.79. The third kappa shape index (κ3) is 4.60. The minimum absolute atomic E-state index is 0.255. The molecule has 0 bridgehead atoms. The highest BCUT2D eigenvalue weighted by molar-refractivity contribution is 6.29. The first-order chi connectivity index (χ1) is 9.24. The molecule has 1 amide bonds. The van der Waals surface area contributed by atoms with Gasteiger partial charge in [0.2, 0.25) is 0 Å². The van der Waals surface area contributed by atoms with Crippen LogP contribution in [0.4, 0.5) is 4.79 Å². The van der Waals surface area contributed by atoms with E-state index in [9.17, 15) is 4.79 Å². The quantitative estimate of drug-likeness (QED) is 0.873. The number of rotatable bonds is 4. The number of carbonyl (C=O) groups is 1. The Kier molecular flexibility index (Phi) is 4.75. The van der Waals surface area contributed by atoms with E-state index < -0.39 is 6.09 Å². The highest BCUT2D eigenvalue weighted by Gasteiger charge is 2.02. The Morgan fingerprint density at radius 1 is 1.16 bits per heavy atom. The summed E-state index contributed by atoms with van der Waals surface area (Å²) in [6.45, 7) is 0.614. The maximum absolute atomic E-state index is 11.5. The maximum Gasteiger partial charge on any atom is 0.407 e. The first kappa shape index (κ1) is 13.4. The lowest BCUT2D eigenvalue weighted by Crippen LogP contribution is -2.23. The van der Waals surface area contributed by atoms with Crippen molar-refractivity contribution in [1.82, 2.24) is 10.3 Å². The second kappa shape index (κ2) is 6.75. The van der Waals surface area contributed by atoms with Crippen LogP contribution in [0.25, 0.3) is 0 Å². The molecule has 19 heavy (non-hydrogen) atoms. The summed E-state index contributed by atoms with van der Waals surface area (Å²) in [7, 11) is 0. The molecule has 5 heteroatoms. The molecular formula is C14H13ClN2O2. The van der Waals surface area contributed by atoms with E-state index in [4.69, 9.17) is 16.3 Å². The summed E-state index contributed by atoms with van der Waals surface area (Å²) in [4.78, 5) is 15.4. The molecule has 0 unspecified atom stereocenters. The van der Waals surface area contributed by atoms with Crippen molar-refractivity contribution in [1.29, 1.82) is 0 Å². The fourth-order valence-electron chi connectivity index (χ4n) is 1.46. The lowest BCUT2D eigenvalue weighted by molar-refractivity contribution is 0.139. The van der Waals surface area contributed by atoms with Crippen LogP contribution >= 0.6 is 11.6 Å². The molecule has 0 aliphatic carbocycles. The molecule has 1 aromatic heterocycles. The van der Waals surface area contributed by atoms with Crippen molar-refractivity contribution in [2.24, 2.45) is 0 Å². The van der Waals surface area contributed by atoms with Crippen LogP contribution in [0.15, 0.2) is 48.7 Å². The minimum atomic E-state index is -0.459. The van der Waals surface area contributed by atoms with Gasteiger partial charge in [-0.3, -0.25) is 0 Å². The predicted octanol–water partition coefficient (Wildman–Crippen LogP) is 3.16. The van der Waals surface area contributed by atoms with E-state index in [1.54, 1.807) is 18.3 Å². The summed E-state index contributed by atoms with van der Waals surface area (Å²) in [6, 6.07) is 13.0. The smallest absolute Gasteiger partial charge is 0.407 e. The number of nitrogens with one attached hydrogen (secondary N) is 1. The van der Waals surface area contributed by atoms with Crippen molar-refractivity contribution in [3.63, 3.8) is 0 Å². The van der Waals surface area contributed by atoms with Gasteiger partial charge in [-0.25, -0.2) is 9.78 Å². The fraction of sp³-hybridized carbons (Fsp3) is 0.143. The van der Waals surface area contributed by atoms with Gasteiger partial charge in [0, 0.05) is 12.7 Å². The molecule has 0 radical (unpaired) electrons. The van der Waals surface area contributed by atoms with Gasteiger partial charge < -0.3 is 10.1 Å². The molecule has 0 aliphatic rings. The van der Waals surface area contributed by atoms with E-state index in [-0.39, 0.29) is 6.61 Å². The summed E-state index contributed by atoms with van der Waals surface area (Å²) in [6.07, 6.45) is 1.15. The highest BCUT2D eigenvalue weighted by Crippen LogP contribution is 2.05. The monoisotopic (exact) mass is 276 g/mol. The van der Waals surface area contributed by atoms with Crippen molar-refractivity contribution in [3.8, 4) is 0 Å². The molecular weight excluding hydrogens is 264 g/mol. The van der Waals surface area contributed by atoms with Crippen molar-refractivity contribution in [2.75, 3.05) is 0 Å². The number of carbonyl (C=O) groups excluding carboxylic acids is 1. The Balaban J connectivity index is 1.74. The molecule has 0 saturated carbocycles. The molecule has 4 nitrogen and oxygen atoms in total. The van der Waals surface area contributed by atoms with Gasteiger partial charge in [-0.05, 0) is 17.2 Å². The normalized spacial score (nSPS) is 9.95. The van der Waals surface area contributed by atoms with Crippen molar-refractivity contribution >= 4 is 17.7 Å². The summed E-state index contributed by atoms with van der Waals surface area (Å²) < 4.78 is 5.08. The van der Waals surface area contributed by atoms with Gasteiger partial charge >= 0.3 is 6.09 Å². The Morgan fingerprint density at radius 3 is 2.63 bits per heavy atom. The molecule has 98 valence electrons. The molecule has 1 heterocycles. The van der Waals surface area contributed by atoms with Crippen LogP contribution in [0.5, 0.6) is 0 Å². The lowest BCUT2D eigenvalue weighted by atomic mass is 10.2. The average Bonchev–Trinajstić information content (AvgIpc) is 2.45. The number of nitrogens with zero attached hydrogens (tertiary/aromatic N) is 1. The first-order valence-corrected chi connectivity index (χ1v) is 6.17. The van der Waals surface area contributed by atoms with E-state index in [0.717, 1.165) is 11.1 Å². The number of ether oxygens (including phenoxy) is 1. The number of aromatic nitrogens is 1. The van der Waals surface area contributed by atoms with E-state index >= 15 is 0 Å². The van der Waals surface area contributed by atoms with Crippen molar-refractivity contribution < 1.29 is 9.53 Å². The van der Waals surface area contributed by atoms with Crippen LogP contribution in [0.2, 0.25) is 5.15 Å². The standard InChI is InChI=1S/C14H13ClN2O2/c15-13-7-6-12(8-16-13)9-17-14(18)19-10-11-4-2-1-3-5-11/h1-8H,9-10H2,(H,17,18). The Morgan fingerprint density at radius 2 is 1.95 bits per heavy atom. The van der Waals surface area contributed by atoms with Crippen molar-refractivity contribution in [3.05, 3.63) is 64.9 Å². The molecule has 0 spiro atoms. The zero-order chi connectivity index (χ0) is 13.5. The highest BCUT2D eigenvalue weighted by atomic mass is 35.5. The molecule has 1 aromatic carbocycles. The molecule has 0 saturated heterocycles. The molecule has 0 fully saturated rings. The minimum Gasteiger partial charge on any atom is -0.445 e. The van der Waals surface area contributed by atoms with E-state index in [1.807, 2.05) is 30.3 Å². The predicted molar refractivity (Wildman–Crippen MR) is 72.7 cm³/mol. The Hall–Kier alpha value is -2.07. The number of benzene rings is 1. The second-order valence-electron chi connectivity index (χ2n) is 3.90. The van der Waals surface area contributed by atoms with Gasteiger partial charge in [-0.2, -0.15) is 0 Å². The summed E-state index contributed by atoms with van der Waals surface area (Å²) in [5, 5.41) is 3.07. The van der Waals surface area contributed by atoms with Crippen LogP contribution in [0.3, 0.4) is 0 Å². The average molecular weight is 277 g/mol. The van der Waals surface area contributed by atoms with Gasteiger partial charge in [0.25, 0.3) is 0 Å². The summed E-state index contributed by atoms with van der Waals surface area (Å²) in [5.41, 5.74) is 1.81. The van der Waals surface area contributed by atoms with Gasteiger partial charge in [0.1, 0.15) is 11.8 Å². The maximum atomic E-state index is 11.5. The van der Waals surface area contributed by atoms with Crippen LogP contribution in [0, 0.1) is 0 Å². The fourth-order valence-corrected chi connectivity index (χ4v) is 1.57. The molecule has 2 rings (SSSR count). The van der Waals surface area contributed by atoms with Crippen LogP contribution in [-0.4, -0.2) is 11.1 Å². The van der Waals surface area contributed by atoms with Gasteiger partial charge in [-0.15, -0.1) is 0 Å². The third-order valence-electron chi connectivity index (χ3n) is 2.44. The number of halogens is 1. The van der Waals surface area contributed by atoms with Crippen LogP contribution in [-0.2, 0) is 17.9 Å². The number of hydrogen-bond donors (Lipinski definition) is 1. The third-order valence-corrected chi connectivity index (χ3v) is 2.66. The van der Waals surface area contributed by atoms with E-state index in [1.165, 1.54) is 0 Å². The zero-order valence-electron chi connectivity index (χ0n) is 10.2. The van der Waals surface area contributed by atoms with E-state index in [2.05, 4.69) is 10.3 Å². The number of pyridine rings is 1. The zero-order valence-corrected chi connectivity index (χ0v) is 10.9. The largest absolute Gasteiger partial charge is 0.445 e. The molecule has 1 N–H and O–H groups in total. The lowest BCUT2D eigenvalue weighted by Gasteiger charge is -2.07. The SMILES string of the molecule is O=C(NCc1ccc(Cl)nc1)OCc1ccccc1. The van der Waals surface area contributed by atoms with Crippen molar-refractivity contribution in [2.45, 2.75) is 13.2 Å². The number of alkyl carbamates (subject to hydrolysis) is 1. The molecule has 0 aliphatic heterocycles. The topological polar surface area (TPSA) is 51.2 Å². The van der Waals surface area contributed by atoms with Crippen LogP contribution < -0.4 is 5.32 Å². The van der Waals surface area contributed by atoms with Gasteiger partial charge in [-0.1, -0.05) is 48.0 Å². The second-order valence-corrected chi connectivity index (χ2v) is 4.29. The Bertz CT molecular complexity index is 529. The summed E-state index contributed by atoms with van der Waals surface area (Å²) in [5.74, 6) is 0. The van der Waals surface area contributed by atoms with Gasteiger partial charge in [0.15, 0.2) is 0 Å². The number of hydrogen-bond acceptors (Lipinski definition) is 3. The summed E-state index contributed by atoms with van der Waals surface area (Å²) >= 11 is 5.67.